The Morgan fingerprint density at radius 3 is 2.58 bits per heavy atom. The van der Waals surface area contributed by atoms with Gasteiger partial charge in [0.2, 0.25) is 0 Å². The van der Waals surface area contributed by atoms with E-state index in [1.807, 2.05) is 27.8 Å². The van der Waals surface area contributed by atoms with E-state index in [9.17, 15) is 18.0 Å². The number of ether oxygens (including phenoxy) is 2. The second kappa shape index (κ2) is 10.4. The Hall–Kier alpha value is -2.59. The molecule has 2 aliphatic rings. The van der Waals surface area contributed by atoms with Gasteiger partial charge in [-0.05, 0) is 57.5 Å². The summed E-state index contributed by atoms with van der Waals surface area (Å²) in [4.78, 5) is 19.6. The Morgan fingerprint density at radius 2 is 1.97 bits per heavy atom. The van der Waals surface area contributed by atoms with Gasteiger partial charge in [0.1, 0.15) is 18.1 Å². The summed E-state index contributed by atoms with van der Waals surface area (Å²) in [5.74, 6) is -0.172. The number of benzene rings is 1. The molecule has 2 fully saturated rings. The van der Waals surface area contributed by atoms with Crippen LogP contribution in [0, 0.1) is 0 Å². The lowest BCUT2D eigenvalue weighted by Crippen LogP contribution is -2.31. The van der Waals surface area contributed by atoms with E-state index in [-0.39, 0.29) is 41.2 Å². The van der Waals surface area contributed by atoms with Gasteiger partial charge in [-0.1, -0.05) is 20.8 Å². The van der Waals surface area contributed by atoms with E-state index in [2.05, 4.69) is 9.89 Å². The van der Waals surface area contributed by atoms with Gasteiger partial charge >= 0.3 is 11.9 Å². The van der Waals surface area contributed by atoms with Crippen LogP contribution in [0.1, 0.15) is 68.1 Å². The van der Waals surface area contributed by atoms with Crippen LogP contribution in [0.5, 0.6) is 5.75 Å². The molecule has 1 amide bonds. The monoisotopic (exact) mass is 509 g/mol. The van der Waals surface area contributed by atoms with E-state index in [4.69, 9.17) is 13.9 Å². The van der Waals surface area contributed by atoms with Gasteiger partial charge in [0.25, 0.3) is 5.91 Å². The van der Waals surface area contributed by atoms with Crippen molar-refractivity contribution in [2.45, 2.75) is 76.7 Å². The van der Waals surface area contributed by atoms with Gasteiger partial charge in [-0.2, -0.15) is 18.2 Å². The number of aromatic nitrogens is 1. The van der Waals surface area contributed by atoms with E-state index < -0.39 is 17.6 Å². The van der Waals surface area contributed by atoms with E-state index in [1.54, 1.807) is 10.8 Å². The van der Waals surface area contributed by atoms with E-state index >= 15 is 0 Å². The number of likely N-dealkylation sites (N-methyl/N-ethyl adjacent to an activating group) is 1. The minimum absolute atomic E-state index is 0.0271. The summed E-state index contributed by atoms with van der Waals surface area (Å²) in [6.45, 7) is 8.21. The average molecular weight is 510 g/mol. The molecule has 198 valence electrons. The van der Waals surface area contributed by atoms with Crippen molar-refractivity contribution in [1.29, 1.82) is 0 Å². The zero-order valence-electron chi connectivity index (χ0n) is 21.2. The van der Waals surface area contributed by atoms with Crippen LogP contribution in [0.4, 0.5) is 13.2 Å². The minimum atomic E-state index is -4.61. The quantitative estimate of drug-likeness (QED) is 0.560. The van der Waals surface area contributed by atoms with Crippen LogP contribution in [0.2, 0.25) is 0 Å². The number of likely N-dealkylation sites (tertiary alicyclic amines) is 1. The van der Waals surface area contributed by atoms with Crippen molar-refractivity contribution >= 4 is 5.91 Å². The normalized spacial score (nSPS) is 21.9. The van der Waals surface area contributed by atoms with Crippen LogP contribution in [-0.4, -0.2) is 54.3 Å². The molecule has 2 aromatic rings. The average Bonchev–Trinajstić information content (AvgIpc) is 3.54. The third-order valence-electron chi connectivity index (χ3n) is 6.72. The number of hydrogen-bond acceptors (Lipinski definition) is 5. The summed E-state index contributed by atoms with van der Waals surface area (Å²) in [6, 6.07) is 3.06. The Kier molecular flexibility index (Phi) is 7.66. The summed E-state index contributed by atoms with van der Waals surface area (Å²) < 4.78 is 59.6. The lowest BCUT2D eigenvalue weighted by Gasteiger charge is -2.20. The molecule has 2 atom stereocenters. The Morgan fingerprint density at radius 1 is 1.19 bits per heavy atom. The molecule has 0 spiro atoms. The molecule has 2 saturated heterocycles. The maximum atomic E-state index is 13.5. The Labute approximate surface area is 208 Å². The van der Waals surface area contributed by atoms with Gasteiger partial charge in [-0.25, -0.2) is 0 Å². The number of halogens is 3. The Bertz CT molecular complexity index is 1140. The highest BCUT2D eigenvalue weighted by molar-refractivity contribution is 5.97. The van der Waals surface area contributed by atoms with Crippen molar-refractivity contribution in [1.82, 2.24) is 9.47 Å². The number of carbonyl (C=O) groups excluding carboxylic acids is 1. The van der Waals surface area contributed by atoms with Crippen LogP contribution in [0.15, 0.2) is 33.8 Å². The predicted octanol–water partition coefficient (Wildman–Crippen LogP) is 4.79. The number of carbonyl (C=O) groups is 1. The van der Waals surface area contributed by atoms with E-state index in [1.165, 1.54) is 6.07 Å². The van der Waals surface area contributed by atoms with Crippen molar-refractivity contribution in [2.24, 2.45) is 4.99 Å². The lowest BCUT2D eigenvalue weighted by molar-refractivity contribution is -0.137. The maximum Gasteiger partial charge on any atom is 0.416 e. The largest absolute Gasteiger partial charge is 0.491 e. The van der Waals surface area contributed by atoms with Gasteiger partial charge in [0.15, 0.2) is 0 Å². The third-order valence-corrected chi connectivity index (χ3v) is 6.72. The van der Waals surface area contributed by atoms with Crippen LogP contribution in [0.25, 0.3) is 0 Å². The molecule has 0 saturated carbocycles. The topological polar surface area (TPSA) is 69.2 Å². The van der Waals surface area contributed by atoms with Gasteiger partial charge in [-0.3, -0.25) is 9.36 Å². The van der Waals surface area contributed by atoms with Crippen molar-refractivity contribution in [3.63, 3.8) is 0 Å². The number of oxazole rings is 1. The fourth-order valence-electron chi connectivity index (χ4n) is 4.47. The molecule has 1 aromatic heterocycles. The molecule has 7 nitrogen and oxygen atoms in total. The maximum absolute atomic E-state index is 13.5. The molecule has 4 rings (SSSR count). The summed E-state index contributed by atoms with van der Waals surface area (Å²) >= 11 is 0. The lowest BCUT2D eigenvalue weighted by atomic mass is 9.94. The first kappa shape index (κ1) is 26.5. The summed E-state index contributed by atoms with van der Waals surface area (Å²) in [6.07, 6.45) is 0.907. The molecular formula is C26H34F3N3O4. The SMILES string of the molecule is CN1CCC[C@H]1COc1ccc(C(F)(F)F)cc1C(=O)/N=c1\oc(C(C)(C)C)cn1C[C@H]1CCCO1. The smallest absolute Gasteiger partial charge is 0.416 e. The van der Waals surface area contributed by atoms with Crippen LogP contribution < -0.4 is 10.4 Å². The number of amides is 1. The first-order chi connectivity index (χ1) is 16.9. The third kappa shape index (κ3) is 6.21. The van der Waals surface area contributed by atoms with E-state index in [0.29, 0.717) is 18.9 Å². The zero-order chi connectivity index (χ0) is 26.1. The fraction of sp³-hybridized carbons (Fsp3) is 0.615. The van der Waals surface area contributed by atoms with Gasteiger partial charge in [0, 0.05) is 24.3 Å². The molecule has 36 heavy (non-hydrogen) atoms. The highest BCUT2D eigenvalue weighted by Gasteiger charge is 2.33. The van der Waals surface area contributed by atoms with Crippen LogP contribution in [0.3, 0.4) is 0 Å². The highest BCUT2D eigenvalue weighted by Crippen LogP contribution is 2.33. The van der Waals surface area contributed by atoms with Crippen LogP contribution >= 0.6 is 0 Å². The number of nitrogens with zero attached hydrogens (tertiary/aromatic N) is 3. The Balaban J connectivity index is 1.69. The van der Waals surface area contributed by atoms with Crippen LogP contribution in [-0.2, 0) is 22.9 Å². The number of rotatable bonds is 6. The molecule has 0 unspecified atom stereocenters. The van der Waals surface area contributed by atoms with Crippen molar-refractivity contribution in [3.8, 4) is 5.75 Å². The second-order valence-electron chi connectivity index (χ2n) is 10.6. The van der Waals surface area contributed by atoms with Gasteiger partial charge in [0.05, 0.1) is 23.8 Å². The molecule has 0 radical (unpaired) electrons. The fourth-order valence-corrected chi connectivity index (χ4v) is 4.47. The van der Waals surface area contributed by atoms with Gasteiger partial charge < -0.3 is 18.8 Å². The molecule has 0 aliphatic carbocycles. The summed E-state index contributed by atoms with van der Waals surface area (Å²) in [5, 5.41) is 0. The number of hydrogen-bond donors (Lipinski definition) is 0. The van der Waals surface area contributed by atoms with Crippen molar-refractivity contribution < 1.29 is 31.9 Å². The van der Waals surface area contributed by atoms with E-state index in [0.717, 1.165) is 44.4 Å². The van der Waals surface area contributed by atoms with Crippen molar-refractivity contribution in [3.05, 3.63) is 47.0 Å². The highest BCUT2D eigenvalue weighted by atomic mass is 19.4. The standard InChI is InChI=1S/C26H34F3N3O4/c1-25(2,3)22-15-32(14-19-8-6-12-34-19)24(36-22)30-23(33)20-13-17(26(27,28)29)9-10-21(20)35-16-18-7-5-11-31(18)4/h9-10,13,15,18-19H,5-8,11-12,14,16H2,1-4H3/b30-24-/t18-,19+/m0/s1. The molecule has 1 aromatic carbocycles. The predicted molar refractivity (Wildman–Crippen MR) is 127 cm³/mol. The minimum Gasteiger partial charge on any atom is -0.491 e. The molecule has 10 heteroatoms. The number of alkyl halides is 3. The molecule has 3 heterocycles. The van der Waals surface area contributed by atoms with Gasteiger partial charge in [-0.15, -0.1) is 0 Å². The summed E-state index contributed by atoms with van der Waals surface area (Å²) in [7, 11) is 1.98. The summed E-state index contributed by atoms with van der Waals surface area (Å²) in [5.41, 5.74) is -1.51. The molecular weight excluding hydrogens is 475 g/mol. The first-order valence-electron chi connectivity index (χ1n) is 12.4. The second-order valence-corrected chi connectivity index (χ2v) is 10.6. The zero-order valence-corrected chi connectivity index (χ0v) is 21.2. The molecule has 2 aliphatic heterocycles. The first-order valence-corrected chi connectivity index (χ1v) is 12.4. The van der Waals surface area contributed by atoms with Crippen molar-refractivity contribution in [2.75, 3.05) is 26.8 Å². The molecule has 0 bridgehead atoms. The molecule has 0 N–H and O–H groups in total.